The number of amides is 2. The van der Waals surface area contributed by atoms with Gasteiger partial charge in [0, 0.05) is 40.1 Å². The van der Waals surface area contributed by atoms with Crippen molar-refractivity contribution < 1.29 is 23.5 Å². The molecule has 2 aromatic heterocycles. The molecule has 15 heteroatoms. The van der Waals surface area contributed by atoms with Gasteiger partial charge in [-0.05, 0) is 67.2 Å². The Morgan fingerprint density at radius 3 is 2.29 bits per heavy atom. The van der Waals surface area contributed by atoms with E-state index >= 15 is 0 Å². The molecule has 0 radical (unpaired) electrons. The molecule has 5 aromatic rings. The largest absolute Gasteiger partial charge is 0.428 e. The predicted octanol–water partition coefficient (Wildman–Crippen LogP) is 8.24. The number of carbonyl (C=O) groups is 2. The van der Waals surface area contributed by atoms with E-state index in [0.717, 1.165) is 20.8 Å². The molecular formula is C33H28Cl3FN6O4S. The zero-order valence-corrected chi connectivity index (χ0v) is 28.6. The number of H-pyrrole nitrogens is 1. The third-order valence-electron chi connectivity index (χ3n) is 7.51. The van der Waals surface area contributed by atoms with Crippen LogP contribution in [0.25, 0.3) is 0 Å². The normalized spacial score (nSPS) is 21.0. The van der Waals surface area contributed by atoms with Crippen molar-refractivity contribution in [1.82, 2.24) is 24.3 Å². The fourth-order valence-corrected chi connectivity index (χ4v) is 5.76. The molecule has 4 heterocycles. The summed E-state index contributed by atoms with van der Waals surface area (Å²) in [5, 5.41) is 5.46. The van der Waals surface area contributed by atoms with Crippen LogP contribution in [0.15, 0.2) is 104 Å². The number of aryl methyl sites for hydroxylation is 1. The lowest BCUT2D eigenvalue weighted by Gasteiger charge is -2.15. The lowest BCUT2D eigenvalue weighted by atomic mass is 9.91. The minimum atomic E-state index is -1.36. The van der Waals surface area contributed by atoms with E-state index < -0.39 is 23.2 Å². The Balaban J connectivity index is 0.000000160. The summed E-state index contributed by atoms with van der Waals surface area (Å²) in [4.78, 5) is 31.5. The van der Waals surface area contributed by atoms with Crippen LogP contribution in [0, 0.1) is 10.6 Å². The molecule has 7 rings (SSSR count). The first-order valence-electron chi connectivity index (χ1n) is 14.2. The number of cyclic esters (lactones) is 1. The third kappa shape index (κ3) is 7.53. The van der Waals surface area contributed by atoms with Crippen LogP contribution in [-0.4, -0.2) is 41.9 Å². The Hall–Kier alpha value is -4.33. The lowest BCUT2D eigenvalue weighted by molar-refractivity contribution is -0.125. The van der Waals surface area contributed by atoms with Gasteiger partial charge < -0.3 is 19.0 Å². The zero-order valence-electron chi connectivity index (χ0n) is 25.5. The highest BCUT2D eigenvalue weighted by Gasteiger charge is 2.59. The molecule has 0 spiro atoms. The van der Waals surface area contributed by atoms with Crippen LogP contribution in [0.3, 0.4) is 0 Å². The summed E-state index contributed by atoms with van der Waals surface area (Å²) >= 11 is 22.8. The molecule has 0 saturated carbocycles. The van der Waals surface area contributed by atoms with E-state index in [-0.39, 0.29) is 17.6 Å². The van der Waals surface area contributed by atoms with Gasteiger partial charge in [-0.1, -0.05) is 71.7 Å². The van der Waals surface area contributed by atoms with E-state index in [4.69, 9.17) is 56.5 Å². The molecule has 248 valence electrons. The fraction of sp³-hybridized carbons (Fsp3) is 0.182. The summed E-state index contributed by atoms with van der Waals surface area (Å²) in [7, 11) is 1.90. The fourth-order valence-electron chi connectivity index (χ4n) is 4.88. The average molecular weight is 730 g/mol. The zero-order chi connectivity index (χ0) is 34.6. The first kappa shape index (κ1) is 35.0. The van der Waals surface area contributed by atoms with E-state index in [0.29, 0.717) is 21.6 Å². The minimum absolute atomic E-state index is 0.203. The molecule has 0 aliphatic carbocycles. The van der Waals surface area contributed by atoms with Gasteiger partial charge in [-0.25, -0.2) is 23.8 Å². The van der Waals surface area contributed by atoms with Crippen LogP contribution >= 0.6 is 47.0 Å². The highest BCUT2D eigenvalue weighted by molar-refractivity contribution is 7.71. The molecule has 1 N–H and O–H groups in total. The number of hydrogen-bond acceptors (Lipinski definition) is 7. The molecule has 2 saturated heterocycles. The number of aromatic amines is 1. The highest BCUT2D eigenvalue weighted by Crippen LogP contribution is 2.59. The number of nitrogens with zero attached hydrogens (tertiary/aromatic N) is 5. The van der Waals surface area contributed by atoms with E-state index in [1.807, 2.05) is 48.3 Å². The van der Waals surface area contributed by atoms with Gasteiger partial charge in [-0.2, -0.15) is 5.10 Å². The maximum absolute atomic E-state index is 13.3. The monoisotopic (exact) mass is 728 g/mol. The molecular weight excluding hydrogens is 702 g/mol. The van der Waals surface area contributed by atoms with Crippen molar-refractivity contribution in [2.75, 3.05) is 4.90 Å². The van der Waals surface area contributed by atoms with Gasteiger partial charge in [0.25, 0.3) is 5.91 Å². The number of hydrogen-bond donors (Lipinski definition) is 1. The minimum Gasteiger partial charge on any atom is -0.428 e. The van der Waals surface area contributed by atoms with Crippen molar-refractivity contribution in [2.24, 2.45) is 7.05 Å². The smallest absolute Gasteiger partial charge is 0.422 e. The molecule has 0 bridgehead atoms. The summed E-state index contributed by atoms with van der Waals surface area (Å²) < 4.78 is 28.6. The van der Waals surface area contributed by atoms with E-state index in [1.54, 1.807) is 23.1 Å². The van der Waals surface area contributed by atoms with E-state index in [9.17, 15) is 14.0 Å². The number of halogens is 4. The van der Waals surface area contributed by atoms with Crippen molar-refractivity contribution in [3.05, 3.63) is 141 Å². The standard InChI is InChI=1S/C17H13ClFN3O.C12H9Cl2NO3.C4H6N2S/c18-15-4-2-1-3-14(15)16-17(23-16,9-22-11-20-10-21-22)12-5-7-13(19)8-6-12;1-3-12(2)10(16)15(11(17)18-12)9-5-7(13)4-8(14)6-9;1-6-3-2-5-4(6)7/h1-8,10-11,16H,9H2;3-6H,1H2,2H3;2-3H,1H3,(H,5,7). The number of epoxide rings is 1. The number of benzene rings is 3. The van der Waals surface area contributed by atoms with Crippen LogP contribution in [0.1, 0.15) is 24.2 Å². The Bertz CT molecular complexity index is 1980. The van der Waals surface area contributed by atoms with Crippen molar-refractivity contribution >= 4 is 64.7 Å². The second-order valence-corrected chi connectivity index (χ2v) is 12.5. The molecule has 3 atom stereocenters. The second-order valence-electron chi connectivity index (χ2n) is 10.8. The topological polar surface area (TPSA) is 111 Å². The number of imide groups is 1. The molecule has 2 fully saturated rings. The quantitative estimate of drug-likeness (QED) is 0.107. The maximum atomic E-state index is 13.3. The molecule has 2 aliphatic rings. The predicted molar refractivity (Wildman–Crippen MR) is 183 cm³/mol. The Kier molecular flexibility index (Phi) is 10.5. The van der Waals surface area contributed by atoms with Crippen LogP contribution in [0.4, 0.5) is 14.9 Å². The van der Waals surface area contributed by atoms with Gasteiger partial charge in [0.05, 0.1) is 12.2 Å². The summed E-state index contributed by atoms with van der Waals surface area (Å²) in [6, 6.07) is 18.4. The number of rotatable bonds is 6. The van der Waals surface area contributed by atoms with Gasteiger partial charge >= 0.3 is 6.09 Å². The number of carbonyl (C=O) groups excluding carboxylic acids is 2. The second kappa shape index (κ2) is 14.4. The van der Waals surface area contributed by atoms with Gasteiger partial charge in [-0.15, -0.1) is 0 Å². The van der Waals surface area contributed by atoms with E-state index in [1.165, 1.54) is 49.7 Å². The average Bonchev–Trinajstić information content (AvgIpc) is 3.27. The molecule has 48 heavy (non-hydrogen) atoms. The van der Waals surface area contributed by atoms with Crippen LogP contribution in [0.5, 0.6) is 0 Å². The van der Waals surface area contributed by atoms with Crippen molar-refractivity contribution in [2.45, 2.75) is 30.8 Å². The Morgan fingerprint density at radius 2 is 1.77 bits per heavy atom. The first-order chi connectivity index (χ1) is 22.9. The van der Waals surface area contributed by atoms with Gasteiger partial charge in [0.1, 0.15) is 30.2 Å². The molecule has 10 nitrogen and oxygen atoms in total. The first-order valence-corrected chi connectivity index (χ1v) is 15.8. The molecule has 3 unspecified atom stereocenters. The lowest BCUT2D eigenvalue weighted by Crippen LogP contribution is -2.37. The number of aromatic nitrogens is 5. The highest BCUT2D eigenvalue weighted by atomic mass is 35.5. The van der Waals surface area contributed by atoms with Crippen molar-refractivity contribution in [3.8, 4) is 0 Å². The van der Waals surface area contributed by atoms with Crippen LogP contribution < -0.4 is 4.90 Å². The van der Waals surface area contributed by atoms with Crippen LogP contribution in [-0.2, 0) is 33.5 Å². The summed E-state index contributed by atoms with van der Waals surface area (Å²) in [6.45, 7) is 5.43. The van der Waals surface area contributed by atoms with Gasteiger partial charge in [0.15, 0.2) is 4.77 Å². The van der Waals surface area contributed by atoms with E-state index in [2.05, 4.69) is 21.6 Å². The van der Waals surface area contributed by atoms with Gasteiger partial charge in [-0.3, -0.25) is 4.79 Å². The Morgan fingerprint density at radius 1 is 1.08 bits per heavy atom. The number of nitrogens with one attached hydrogen (secondary N) is 1. The molecule has 2 aliphatic heterocycles. The van der Waals surface area contributed by atoms with Gasteiger partial charge in [0.2, 0.25) is 5.60 Å². The number of ether oxygens (including phenoxy) is 2. The van der Waals surface area contributed by atoms with Crippen molar-refractivity contribution in [1.29, 1.82) is 0 Å². The molecule has 3 aromatic carbocycles. The number of anilines is 1. The van der Waals surface area contributed by atoms with Crippen molar-refractivity contribution in [3.63, 3.8) is 0 Å². The molecule has 2 amide bonds. The summed E-state index contributed by atoms with van der Waals surface area (Å²) in [5.74, 6) is -0.805. The Labute approximate surface area is 295 Å². The maximum Gasteiger partial charge on any atom is 0.422 e. The number of imidazole rings is 1. The van der Waals surface area contributed by atoms with Crippen LogP contribution in [0.2, 0.25) is 15.1 Å². The SMILES string of the molecule is C=CC1(C)OC(=O)N(c2cc(Cl)cc(Cl)c2)C1=O.Cn1cc[nH]c1=S.Fc1ccc(C2(Cn3cncn3)OC2c2ccccc2Cl)cc1. The summed E-state index contributed by atoms with van der Waals surface area (Å²) in [6.07, 6.45) is 7.10. The summed E-state index contributed by atoms with van der Waals surface area (Å²) in [5.41, 5.74) is 0.101. The third-order valence-corrected chi connectivity index (χ3v) is 8.69.